The number of Topliss-reactive ketones (excluding diaryl/α,β-unsaturated/α-hetero) is 1. The largest absolute Gasteiger partial charge is 0.360 e. The van der Waals surface area contributed by atoms with Crippen LogP contribution in [0, 0.1) is 0 Å². The monoisotopic (exact) mass is 216 g/mol. The summed E-state index contributed by atoms with van der Waals surface area (Å²) in [5.74, 6) is 0.215. The Balaban J connectivity index is 2.17. The molecule has 1 N–H and O–H groups in total. The van der Waals surface area contributed by atoms with Crippen molar-refractivity contribution in [2.24, 2.45) is 0 Å². The number of carbonyl (C=O) groups excluding carboxylic acids is 1. The summed E-state index contributed by atoms with van der Waals surface area (Å²) in [6.07, 6.45) is 9.14. The van der Waals surface area contributed by atoms with Crippen molar-refractivity contribution in [3.8, 4) is 0 Å². The number of unbranched alkanes of at least 4 members (excludes halogenated alkanes) is 2. The van der Waals surface area contributed by atoms with Crippen LogP contribution in [0.2, 0.25) is 0 Å². The summed E-state index contributed by atoms with van der Waals surface area (Å²) >= 11 is 0. The number of aromatic nitrogens is 2. The lowest BCUT2D eigenvalue weighted by atomic mass is 10.1. The molecule has 2 heterocycles. The lowest BCUT2D eigenvalue weighted by molar-refractivity contribution is 0.0981. The second-order valence-electron chi connectivity index (χ2n) is 4.00. The molecule has 16 heavy (non-hydrogen) atoms. The minimum atomic E-state index is 0.215. The number of hydrogen-bond acceptors (Lipinski definition) is 2. The van der Waals surface area contributed by atoms with E-state index in [0.29, 0.717) is 6.42 Å². The summed E-state index contributed by atoms with van der Waals surface area (Å²) in [4.78, 5) is 19.1. The second kappa shape index (κ2) is 4.92. The molecule has 0 aliphatic carbocycles. The maximum absolute atomic E-state index is 11.9. The first-order valence-electron chi connectivity index (χ1n) is 5.77. The first-order valence-corrected chi connectivity index (χ1v) is 5.77. The van der Waals surface area contributed by atoms with Gasteiger partial charge in [0.05, 0.1) is 0 Å². The Morgan fingerprint density at radius 1 is 1.44 bits per heavy atom. The van der Waals surface area contributed by atoms with E-state index in [1.165, 1.54) is 0 Å². The fourth-order valence-electron chi connectivity index (χ4n) is 1.86. The number of pyridine rings is 1. The number of nitrogens with zero attached hydrogens (tertiary/aromatic N) is 1. The number of fused-ring (bicyclic) bond motifs is 1. The lowest BCUT2D eigenvalue weighted by Gasteiger charge is -1.98. The van der Waals surface area contributed by atoms with Crippen molar-refractivity contribution in [1.82, 2.24) is 9.97 Å². The van der Waals surface area contributed by atoms with Crippen molar-refractivity contribution in [3.63, 3.8) is 0 Å². The van der Waals surface area contributed by atoms with Crippen molar-refractivity contribution >= 4 is 16.7 Å². The zero-order valence-electron chi connectivity index (χ0n) is 9.49. The van der Waals surface area contributed by atoms with Gasteiger partial charge in [-0.25, -0.2) is 0 Å². The smallest absolute Gasteiger partial charge is 0.165 e. The van der Waals surface area contributed by atoms with Crippen LogP contribution in [0.25, 0.3) is 10.9 Å². The first-order chi connectivity index (χ1) is 7.83. The average Bonchev–Trinajstić information content (AvgIpc) is 2.73. The topological polar surface area (TPSA) is 45.8 Å². The molecule has 0 aliphatic rings. The second-order valence-corrected chi connectivity index (χ2v) is 4.00. The Kier molecular flexibility index (Phi) is 3.34. The molecule has 0 aliphatic heterocycles. The van der Waals surface area contributed by atoms with Crippen molar-refractivity contribution in [2.75, 3.05) is 0 Å². The molecule has 2 aromatic rings. The summed E-state index contributed by atoms with van der Waals surface area (Å²) < 4.78 is 0. The molecule has 0 bridgehead atoms. The third kappa shape index (κ3) is 2.13. The Morgan fingerprint density at radius 3 is 3.12 bits per heavy atom. The number of hydrogen-bond donors (Lipinski definition) is 1. The highest BCUT2D eigenvalue weighted by atomic mass is 16.1. The SMILES string of the molecule is CCCCCC(=O)c1c[nH]c2ccncc12. The predicted octanol–water partition coefficient (Wildman–Crippen LogP) is 3.33. The van der Waals surface area contributed by atoms with Gasteiger partial charge in [0.25, 0.3) is 0 Å². The van der Waals surface area contributed by atoms with Gasteiger partial charge in [-0.15, -0.1) is 0 Å². The minimum Gasteiger partial charge on any atom is -0.360 e. The molecule has 0 aromatic carbocycles. The van der Waals surface area contributed by atoms with Crippen molar-refractivity contribution in [1.29, 1.82) is 0 Å². The molecule has 3 heteroatoms. The molecule has 2 rings (SSSR count). The van der Waals surface area contributed by atoms with Gasteiger partial charge in [-0.3, -0.25) is 9.78 Å². The Labute approximate surface area is 94.9 Å². The van der Waals surface area contributed by atoms with E-state index in [0.717, 1.165) is 35.7 Å². The third-order valence-electron chi connectivity index (χ3n) is 2.79. The zero-order valence-corrected chi connectivity index (χ0v) is 9.49. The van der Waals surface area contributed by atoms with Gasteiger partial charge in [-0.1, -0.05) is 19.8 Å². The van der Waals surface area contributed by atoms with Crippen LogP contribution >= 0.6 is 0 Å². The highest BCUT2D eigenvalue weighted by Gasteiger charge is 2.11. The van der Waals surface area contributed by atoms with Crippen molar-refractivity contribution in [2.45, 2.75) is 32.6 Å². The fourth-order valence-corrected chi connectivity index (χ4v) is 1.86. The number of nitrogens with one attached hydrogen (secondary N) is 1. The number of aromatic amines is 1. The minimum absolute atomic E-state index is 0.215. The van der Waals surface area contributed by atoms with Gasteiger partial charge in [-0.2, -0.15) is 0 Å². The van der Waals surface area contributed by atoms with E-state index in [2.05, 4.69) is 16.9 Å². The number of rotatable bonds is 5. The molecule has 0 atom stereocenters. The Hall–Kier alpha value is -1.64. The molecule has 84 valence electrons. The summed E-state index contributed by atoms with van der Waals surface area (Å²) in [5, 5.41) is 0.934. The molecule has 0 spiro atoms. The van der Waals surface area contributed by atoms with E-state index >= 15 is 0 Å². The van der Waals surface area contributed by atoms with Crippen LogP contribution < -0.4 is 0 Å². The van der Waals surface area contributed by atoms with Gasteiger partial charge >= 0.3 is 0 Å². The number of ketones is 1. The summed E-state index contributed by atoms with van der Waals surface area (Å²) in [7, 11) is 0. The van der Waals surface area contributed by atoms with Crippen LogP contribution in [0.5, 0.6) is 0 Å². The quantitative estimate of drug-likeness (QED) is 0.615. The standard InChI is InChI=1S/C13H16N2O/c1-2-3-4-5-13(16)11-9-15-12-6-7-14-8-10(11)12/h6-9,15H,2-5H2,1H3. The van der Waals surface area contributed by atoms with Gasteiger partial charge in [0, 0.05) is 41.5 Å². The number of carbonyl (C=O) groups is 1. The zero-order chi connectivity index (χ0) is 11.4. The van der Waals surface area contributed by atoms with Gasteiger partial charge < -0.3 is 4.98 Å². The molecule has 0 unspecified atom stereocenters. The van der Waals surface area contributed by atoms with E-state index in [-0.39, 0.29) is 5.78 Å². The molecule has 2 aromatic heterocycles. The van der Waals surface area contributed by atoms with E-state index in [1.807, 2.05) is 6.07 Å². The lowest BCUT2D eigenvalue weighted by Crippen LogP contribution is -1.97. The van der Waals surface area contributed by atoms with Crippen molar-refractivity contribution in [3.05, 3.63) is 30.2 Å². The molecule has 0 saturated heterocycles. The summed E-state index contributed by atoms with van der Waals surface area (Å²) in [6, 6.07) is 1.89. The van der Waals surface area contributed by atoms with Crippen LogP contribution in [0.3, 0.4) is 0 Å². The highest BCUT2D eigenvalue weighted by Crippen LogP contribution is 2.18. The van der Waals surface area contributed by atoms with E-state index < -0.39 is 0 Å². The molecule has 0 radical (unpaired) electrons. The molecule has 0 amide bonds. The van der Waals surface area contributed by atoms with Gasteiger partial charge in [-0.05, 0) is 12.5 Å². The van der Waals surface area contributed by atoms with Gasteiger partial charge in [0.1, 0.15) is 0 Å². The number of H-pyrrole nitrogens is 1. The molecular formula is C13H16N2O. The van der Waals surface area contributed by atoms with Crippen LogP contribution in [0.1, 0.15) is 43.0 Å². The van der Waals surface area contributed by atoms with Crippen molar-refractivity contribution < 1.29 is 4.79 Å². The molecular weight excluding hydrogens is 200 g/mol. The molecule has 0 fully saturated rings. The summed E-state index contributed by atoms with van der Waals surface area (Å²) in [5.41, 5.74) is 1.76. The van der Waals surface area contributed by atoms with Crippen LogP contribution in [-0.2, 0) is 0 Å². The fraction of sp³-hybridized carbons (Fsp3) is 0.385. The summed E-state index contributed by atoms with van der Waals surface area (Å²) in [6.45, 7) is 2.14. The third-order valence-corrected chi connectivity index (χ3v) is 2.79. The molecule has 3 nitrogen and oxygen atoms in total. The normalized spacial score (nSPS) is 10.8. The maximum atomic E-state index is 11.9. The Bertz CT molecular complexity index is 487. The highest BCUT2D eigenvalue weighted by molar-refractivity contribution is 6.07. The average molecular weight is 216 g/mol. The molecule has 0 saturated carbocycles. The van der Waals surface area contributed by atoms with E-state index in [1.54, 1.807) is 18.6 Å². The van der Waals surface area contributed by atoms with E-state index in [4.69, 9.17) is 0 Å². The van der Waals surface area contributed by atoms with E-state index in [9.17, 15) is 4.79 Å². The van der Waals surface area contributed by atoms with Crippen LogP contribution in [0.4, 0.5) is 0 Å². The van der Waals surface area contributed by atoms with Gasteiger partial charge in [0.2, 0.25) is 0 Å². The Morgan fingerprint density at radius 2 is 2.31 bits per heavy atom. The maximum Gasteiger partial charge on any atom is 0.165 e. The predicted molar refractivity (Wildman–Crippen MR) is 64.6 cm³/mol. The van der Waals surface area contributed by atoms with Crippen LogP contribution in [-0.4, -0.2) is 15.8 Å². The first kappa shape index (κ1) is 10.9. The van der Waals surface area contributed by atoms with Crippen LogP contribution in [0.15, 0.2) is 24.7 Å². The van der Waals surface area contributed by atoms with Gasteiger partial charge in [0.15, 0.2) is 5.78 Å².